The van der Waals surface area contributed by atoms with Gasteiger partial charge in [0.2, 0.25) is 0 Å². The fourth-order valence-electron chi connectivity index (χ4n) is 1.80. The van der Waals surface area contributed by atoms with E-state index in [4.69, 9.17) is 10.00 Å². The van der Waals surface area contributed by atoms with Gasteiger partial charge in [-0.15, -0.1) is 0 Å². The van der Waals surface area contributed by atoms with Gasteiger partial charge in [0, 0.05) is 5.56 Å². The monoisotopic (exact) mass is 241 g/mol. The molecule has 0 N–H and O–H groups in total. The highest BCUT2D eigenvalue weighted by molar-refractivity contribution is 5.66. The number of benzene rings is 2. The Balaban J connectivity index is 2.41. The first-order valence-electron chi connectivity index (χ1n) is 5.54. The Morgan fingerprint density at radius 1 is 1.11 bits per heavy atom. The molecule has 0 aliphatic carbocycles. The predicted molar refractivity (Wildman–Crippen MR) is 67.7 cm³/mol. The topological polar surface area (TPSA) is 33.0 Å². The van der Waals surface area contributed by atoms with E-state index < -0.39 is 0 Å². The number of halogens is 1. The van der Waals surface area contributed by atoms with E-state index in [0.29, 0.717) is 12.2 Å². The molecule has 0 saturated carbocycles. The molecule has 0 saturated heterocycles. The van der Waals surface area contributed by atoms with Gasteiger partial charge < -0.3 is 4.74 Å². The van der Waals surface area contributed by atoms with Gasteiger partial charge in [-0.25, -0.2) is 4.39 Å². The molecular formula is C15H12FNO. The molecule has 0 amide bonds. The van der Waals surface area contributed by atoms with Crippen LogP contribution in [-0.2, 0) is 6.42 Å². The third-order valence-electron chi connectivity index (χ3n) is 2.73. The molecule has 0 heterocycles. The summed E-state index contributed by atoms with van der Waals surface area (Å²) in [4.78, 5) is 0. The zero-order chi connectivity index (χ0) is 13.0. The van der Waals surface area contributed by atoms with E-state index in [9.17, 15) is 4.39 Å². The second-order valence-corrected chi connectivity index (χ2v) is 3.87. The van der Waals surface area contributed by atoms with E-state index in [0.717, 1.165) is 16.7 Å². The number of hydrogen-bond donors (Lipinski definition) is 0. The van der Waals surface area contributed by atoms with Crippen LogP contribution in [0.25, 0.3) is 11.1 Å². The van der Waals surface area contributed by atoms with Gasteiger partial charge in [-0.05, 0) is 29.3 Å². The summed E-state index contributed by atoms with van der Waals surface area (Å²) in [5.74, 6) is 0.421. The summed E-state index contributed by atoms with van der Waals surface area (Å²) in [7, 11) is 1.57. The van der Waals surface area contributed by atoms with Crippen LogP contribution in [0.15, 0.2) is 42.5 Å². The first-order valence-corrected chi connectivity index (χ1v) is 5.54. The molecule has 90 valence electrons. The standard InChI is InChI=1S/C15H12FNO/c1-18-15-10-13(3-2-12(15)8-9-17)11-4-6-14(16)7-5-11/h2-7,10H,8H2,1H3. The van der Waals surface area contributed by atoms with Gasteiger partial charge in [-0.2, -0.15) is 5.26 Å². The molecule has 0 spiro atoms. The zero-order valence-electron chi connectivity index (χ0n) is 9.98. The third kappa shape index (κ3) is 2.49. The Hall–Kier alpha value is -2.34. The number of methoxy groups -OCH3 is 1. The van der Waals surface area contributed by atoms with Crippen molar-refractivity contribution in [1.82, 2.24) is 0 Å². The highest BCUT2D eigenvalue weighted by Gasteiger charge is 2.05. The van der Waals surface area contributed by atoms with E-state index in [2.05, 4.69) is 6.07 Å². The van der Waals surface area contributed by atoms with Crippen molar-refractivity contribution in [2.45, 2.75) is 6.42 Å². The lowest BCUT2D eigenvalue weighted by atomic mass is 10.0. The van der Waals surface area contributed by atoms with Crippen LogP contribution in [0.1, 0.15) is 5.56 Å². The van der Waals surface area contributed by atoms with Gasteiger partial charge in [-0.3, -0.25) is 0 Å². The molecule has 3 heteroatoms. The Morgan fingerprint density at radius 2 is 1.78 bits per heavy atom. The summed E-state index contributed by atoms with van der Waals surface area (Å²) < 4.78 is 18.1. The van der Waals surface area contributed by atoms with Crippen molar-refractivity contribution in [1.29, 1.82) is 5.26 Å². The number of hydrogen-bond acceptors (Lipinski definition) is 2. The quantitative estimate of drug-likeness (QED) is 0.823. The normalized spacial score (nSPS) is 9.83. The third-order valence-corrected chi connectivity index (χ3v) is 2.73. The lowest BCUT2D eigenvalue weighted by molar-refractivity contribution is 0.411. The maximum absolute atomic E-state index is 12.9. The maximum atomic E-state index is 12.9. The van der Waals surface area contributed by atoms with Crippen molar-refractivity contribution >= 4 is 0 Å². The number of nitriles is 1. The minimum Gasteiger partial charge on any atom is -0.496 e. The van der Waals surface area contributed by atoms with Gasteiger partial charge in [0.05, 0.1) is 19.6 Å². The van der Waals surface area contributed by atoms with Crippen LogP contribution in [0.4, 0.5) is 4.39 Å². The van der Waals surface area contributed by atoms with Gasteiger partial charge in [0.25, 0.3) is 0 Å². The summed E-state index contributed by atoms with van der Waals surface area (Å²) in [5, 5.41) is 8.71. The molecule has 0 aromatic heterocycles. The van der Waals surface area contributed by atoms with Crippen LogP contribution < -0.4 is 4.74 Å². The van der Waals surface area contributed by atoms with E-state index in [-0.39, 0.29) is 5.82 Å². The number of ether oxygens (including phenoxy) is 1. The fourth-order valence-corrected chi connectivity index (χ4v) is 1.80. The van der Waals surface area contributed by atoms with Crippen molar-refractivity contribution in [3.05, 3.63) is 53.8 Å². The van der Waals surface area contributed by atoms with Crippen LogP contribution >= 0.6 is 0 Å². The number of nitrogens with zero attached hydrogens (tertiary/aromatic N) is 1. The summed E-state index contributed by atoms with van der Waals surface area (Å²) in [6, 6.07) is 14.0. The second-order valence-electron chi connectivity index (χ2n) is 3.87. The van der Waals surface area contributed by atoms with Crippen LogP contribution in [0.5, 0.6) is 5.75 Å². The van der Waals surface area contributed by atoms with Crippen LogP contribution in [0.3, 0.4) is 0 Å². The molecule has 0 unspecified atom stereocenters. The summed E-state index contributed by atoms with van der Waals surface area (Å²) in [5.41, 5.74) is 2.71. The molecule has 2 aromatic rings. The Bertz CT molecular complexity index is 584. The smallest absolute Gasteiger partial charge is 0.123 e. The van der Waals surface area contributed by atoms with Crippen molar-refractivity contribution in [2.24, 2.45) is 0 Å². The highest BCUT2D eigenvalue weighted by atomic mass is 19.1. The van der Waals surface area contributed by atoms with Gasteiger partial charge >= 0.3 is 0 Å². The van der Waals surface area contributed by atoms with E-state index in [1.54, 1.807) is 19.2 Å². The maximum Gasteiger partial charge on any atom is 0.123 e. The zero-order valence-corrected chi connectivity index (χ0v) is 9.98. The van der Waals surface area contributed by atoms with Crippen molar-refractivity contribution < 1.29 is 9.13 Å². The van der Waals surface area contributed by atoms with E-state index in [1.165, 1.54) is 12.1 Å². The summed E-state index contributed by atoms with van der Waals surface area (Å²) >= 11 is 0. The lowest BCUT2D eigenvalue weighted by Gasteiger charge is -2.08. The molecule has 0 fully saturated rings. The Morgan fingerprint density at radius 3 is 2.39 bits per heavy atom. The molecule has 0 radical (unpaired) electrons. The summed E-state index contributed by atoms with van der Waals surface area (Å²) in [6.07, 6.45) is 0.312. The molecule has 2 nitrogen and oxygen atoms in total. The Labute approximate surface area is 105 Å². The minimum absolute atomic E-state index is 0.258. The minimum atomic E-state index is -0.258. The van der Waals surface area contributed by atoms with Crippen LogP contribution in [0.2, 0.25) is 0 Å². The molecule has 0 atom stereocenters. The molecule has 2 rings (SSSR count). The van der Waals surface area contributed by atoms with Crippen molar-refractivity contribution in [3.8, 4) is 22.9 Å². The summed E-state index contributed by atoms with van der Waals surface area (Å²) in [6.45, 7) is 0. The van der Waals surface area contributed by atoms with Gasteiger partial charge in [0.15, 0.2) is 0 Å². The lowest BCUT2D eigenvalue weighted by Crippen LogP contribution is -1.92. The second kappa shape index (κ2) is 5.33. The van der Waals surface area contributed by atoms with Crippen LogP contribution in [-0.4, -0.2) is 7.11 Å². The average Bonchev–Trinajstić information content (AvgIpc) is 2.40. The molecular weight excluding hydrogens is 229 g/mol. The molecule has 18 heavy (non-hydrogen) atoms. The van der Waals surface area contributed by atoms with Crippen molar-refractivity contribution in [2.75, 3.05) is 7.11 Å². The van der Waals surface area contributed by atoms with E-state index in [1.807, 2.05) is 18.2 Å². The predicted octanol–water partition coefficient (Wildman–Crippen LogP) is 3.57. The first kappa shape index (κ1) is 12.1. The SMILES string of the molecule is COc1cc(-c2ccc(F)cc2)ccc1CC#N. The first-order chi connectivity index (χ1) is 8.74. The van der Waals surface area contributed by atoms with Crippen LogP contribution in [0, 0.1) is 17.1 Å². The van der Waals surface area contributed by atoms with E-state index >= 15 is 0 Å². The molecule has 2 aromatic carbocycles. The molecule has 0 aliphatic rings. The Kier molecular flexibility index (Phi) is 3.59. The number of rotatable bonds is 3. The highest BCUT2D eigenvalue weighted by Crippen LogP contribution is 2.27. The van der Waals surface area contributed by atoms with Crippen molar-refractivity contribution in [3.63, 3.8) is 0 Å². The van der Waals surface area contributed by atoms with Gasteiger partial charge in [0.1, 0.15) is 11.6 Å². The average molecular weight is 241 g/mol. The molecule has 0 bridgehead atoms. The fraction of sp³-hybridized carbons (Fsp3) is 0.133. The molecule has 0 aliphatic heterocycles. The van der Waals surface area contributed by atoms with Gasteiger partial charge in [-0.1, -0.05) is 24.3 Å². The largest absolute Gasteiger partial charge is 0.496 e.